The molecule has 0 aliphatic rings. The number of hydrogen-bond donors (Lipinski definition) is 1. The van der Waals surface area contributed by atoms with Crippen molar-refractivity contribution in [3.05, 3.63) is 24.4 Å². The van der Waals surface area contributed by atoms with Crippen LogP contribution in [0.3, 0.4) is 0 Å². The maximum absolute atomic E-state index is 5.88. The molecule has 3 heteroatoms. The van der Waals surface area contributed by atoms with Gasteiger partial charge in [0, 0.05) is 11.4 Å². The van der Waals surface area contributed by atoms with Gasteiger partial charge in [-0.05, 0) is 19.9 Å². The second kappa shape index (κ2) is 2.76. The zero-order valence-corrected chi connectivity index (χ0v) is 7.86. The molecule has 0 unspecified atom stereocenters. The predicted molar refractivity (Wildman–Crippen MR) is 54.5 cm³/mol. The molecular formula is C10H13N3. The summed E-state index contributed by atoms with van der Waals surface area (Å²) in [5.74, 6) is 0. The van der Waals surface area contributed by atoms with Crippen LogP contribution in [-0.4, -0.2) is 9.78 Å². The second-order valence-electron chi connectivity index (χ2n) is 3.47. The molecule has 2 rings (SSSR count). The zero-order chi connectivity index (χ0) is 9.42. The van der Waals surface area contributed by atoms with Crippen LogP contribution in [0.2, 0.25) is 0 Å². The lowest BCUT2D eigenvalue weighted by Crippen LogP contribution is -2.03. The number of fused-ring (bicyclic) bond motifs is 1. The quantitative estimate of drug-likeness (QED) is 0.675. The van der Waals surface area contributed by atoms with E-state index in [2.05, 4.69) is 18.9 Å². The lowest BCUT2D eigenvalue weighted by molar-refractivity contribution is 0.551. The van der Waals surface area contributed by atoms with Gasteiger partial charge in [-0.2, -0.15) is 5.10 Å². The predicted octanol–water partition coefficient (Wildman–Crippen LogP) is 2.20. The smallest absolute Gasteiger partial charge is 0.0914 e. The van der Waals surface area contributed by atoms with Crippen LogP contribution < -0.4 is 5.73 Å². The molecule has 0 spiro atoms. The Bertz CT molecular complexity index is 429. The van der Waals surface area contributed by atoms with Gasteiger partial charge < -0.3 is 5.73 Å². The van der Waals surface area contributed by atoms with Crippen molar-refractivity contribution >= 4 is 16.6 Å². The van der Waals surface area contributed by atoms with E-state index in [0.717, 1.165) is 16.6 Å². The minimum Gasteiger partial charge on any atom is -0.397 e. The van der Waals surface area contributed by atoms with Gasteiger partial charge in [-0.1, -0.05) is 12.1 Å². The van der Waals surface area contributed by atoms with Crippen LogP contribution in [0.4, 0.5) is 5.69 Å². The first-order valence-electron chi connectivity index (χ1n) is 4.42. The third kappa shape index (κ3) is 1.16. The lowest BCUT2D eigenvalue weighted by Gasteiger charge is -2.08. The van der Waals surface area contributed by atoms with Gasteiger partial charge >= 0.3 is 0 Å². The Morgan fingerprint density at radius 3 is 2.85 bits per heavy atom. The average molecular weight is 175 g/mol. The van der Waals surface area contributed by atoms with E-state index in [4.69, 9.17) is 5.73 Å². The number of nitrogen functional groups attached to an aromatic ring is 1. The van der Waals surface area contributed by atoms with E-state index in [1.165, 1.54) is 0 Å². The van der Waals surface area contributed by atoms with Crippen molar-refractivity contribution < 1.29 is 0 Å². The average Bonchev–Trinajstić information content (AvgIpc) is 2.49. The molecule has 0 radical (unpaired) electrons. The van der Waals surface area contributed by atoms with Crippen molar-refractivity contribution in [1.82, 2.24) is 9.78 Å². The molecule has 3 nitrogen and oxygen atoms in total. The zero-order valence-electron chi connectivity index (χ0n) is 7.86. The molecule has 0 saturated heterocycles. The number of aromatic nitrogens is 2. The standard InChI is InChI=1S/C10H13N3/c1-7(2)13-10-8(6-12-13)4-3-5-9(10)11/h3-7H,11H2,1-2H3. The summed E-state index contributed by atoms with van der Waals surface area (Å²) in [7, 11) is 0. The summed E-state index contributed by atoms with van der Waals surface area (Å²) in [4.78, 5) is 0. The molecule has 0 aliphatic carbocycles. The van der Waals surface area contributed by atoms with Crippen LogP contribution in [0.15, 0.2) is 24.4 Å². The van der Waals surface area contributed by atoms with Crippen LogP contribution in [0.5, 0.6) is 0 Å². The Kier molecular flexibility index (Phi) is 1.72. The third-order valence-electron chi connectivity index (χ3n) is 2.14. The summed E-state index contributed by atoms with van der Waals surface area (Å²) in [6.07, 6.45) is 1.85. The Hall–Kier alpha value is -1.51. The molecule has 0 aliphatic heterocycles. The van der Waals surface area contributed by atoms with Gasteiger partial charge in [0.05, 0.1) is 17.4 Å². The Labute approximate surface area is 77.2 Å². The number of anilines is 1. The molecule has 68 valence electrons. The van der Waals surface area contributed by atoms with E-state index in [-0.39, 0.29) is 0 Å². The molecule has 0 amide bonds. The third-order valence-corrected chi connectivity index (χ3v) is 2.14. The summed E-state index contributed by atoms with van der Waals surface area (Å²) in [6, 6.07) is 6.23. The SMILES string of the molecule is CC(C)n1ncc2cccc(N)c21. The molecule has 13 heavy (non-hydrogen) atoms. The normalized spacial score (nSPS) is 11.3. The van der Waals surface area contributed by atoms with Crippen LogP contribution in [0.25, 0.3) is 10.9 Å². The lowest BCUT2D eigenvalue weighted by atomic mass is 10.2. The Balaban J connectivity index is 2.79. The van der Waals surface area contributed by atoms with E-state index in [9.17, 15) is 0 Å². The van der Waals surface area contributed by atoms with Crippen molar-refractivity contribution in [3.8, 4) is 0 Å². The maximum atomic E-state index is 5.88. The highest BCUT2D eigenvalue weighted by Gasteiger charge is 2.07. The van der Waals surface area contributed by atoms with E-state index in [0.29, 0.717) is 6.04 Å². The van der Waals surface area contributed by atoms with Crippen molar-refractivity contribution in [3.63, 3.8) is 0 Å². The Morgan fingerprint density at radius 1 is 1.38 bits per heavy atom. The van der Waals surface area contributed by atoms with Crippen LogP contribution in [0.1, 0.15) is 19.9 Å². The molecule has 0 bridgehead atoms. The van der Waals surface area contributed by atoms with Gasteiger partial charge in [-0.15, -0.1) is 0 Å². The summed E-state index contributed by atoms with van der Waals surface area (Å²) in [6.45, 7) is 4.19. The number of hydrogen-bond acceptors (Lipinski definition) is 2. The topological polar surface area (TPSA) is 43.8 Å². The largest absolute Gasteiger partial charge is 0.397 e. The molecule has 1 aromatic heterocycles. The fraction of sp³-hybridized carbons (Fsp3) is 0.300. The molecule has 0 saturated carbocycles. The first-order valence-corrected chi connectivity index (χ1v) is 4.42. The monoisotopic (exact) mass is 175 g/mol. The fourth-order valence-corrected chi connectivity index (χ4v) is 1.52. The molecule has 1 aromatic carbocycles. The minimum atomic E-state index is 0.349. The first kappa shape index (κ1) is 8.10. The highest BCUT2D eigenvalue weighted by molar-refractivity contribution is 5.89. The summed E-state index contributed by atoms with van der Waals surface area (Å²) < 4.78 is 1.95. The molecule has 1 heterocycles. The Morgan fingerprint density at radius 2 is 2.15 bits per heavy atom. The number of nitrogens with zero attached hydrogens (tertiary/aromatic N) is 2. The van der Waals surface area contributed by atoms with Gasteiger partial charge in [-0.3, -0.25) is 4.68 Å². The molecule has 2 N–H and O–H groups in total. The van der Waals surface area contributed by atoms with Crippen molar-refractivity contribution in [2.75, 3.05) is 5.73 Å². The van der Waals surface area contributed by atoms with E-state index in [1.54, 1.807) is 0 Å². The molecule has 0 atom stereocenters. The highest BCUT2D eigenvalue weighted by Crippen LogP contribution is 2.22. The van der Waals surface area contributed by atoms with Crippen LogP contribution in [0, 0.1) is 0 Å². The summed E-state index contributed by atoms with van der Waals surface area (Å²) in [5.41, 5.74) is 7.71. The van der Waals surface area contributed by atoms with Gasteiger partial charge in [0.15, 0.2) is 0 Å². The van der Waals surface area contributed by atoms with Gasteiger partial charge in [0.2, 0.25) is 0 Å². The van der Waals surface area contributed by atoms with Gasteiger partial charge in [0.25, 0.3) is 0 Å². The molecular weight excluding hydrogens is 162 g/mol. The highest BCUT2D eigenvalue weighted by atomic mass is 15.3. The van der Waals surface area contributed by atoms with Gasteiger partial charge in [0.1, 0.15) is 0 Å². The summed E-state index contributed by atoms with van der Waals surface area (Å²) in [5, 5.41) is 5.40. The van der Waals surface area contributed by atoms with Crippen LogP contribution >= 0.6 is 0 Å². The number of nitrogens with two attached hydrogens (primary N) is 1. The maximum Gasteiger partial charge on any atom is 0.0914 e. The van der Waals surface area contributed by atoms with Crippen molar-refractivity contribution in [2.45, 2.75) is 19.9 Å². The second-order valence-corrected chi connectivity index (χ2v) is 3.47. The van der Waals surface area contributed by atoms with E-state index in [1.807, 2.05) is 29.1 Å². The molecule has 2 aromatic rings. The van der Waals surface area contributed by atoms with Crippen molar-refractivity contribution in [1.29, 1.82) is 0 Å². The fourth-order valence-electron chi connectivity index (χ4n) is 1.52. The minimum absolute atomic E-state index is 0.349. The van der Waals surface area contributed by atoms with Crippen molar-refractivity contribution in [2.24, 2.45) is 0 Å². The number of rotatable bonds is 1. The molecule has 0 fully saturated rings. The summed E-state index contributed by atoms with van der Waals surface area (Å²) >= 11 is 0. The van der Waals surface area contributed by atoms with E-state index >= 15 is 0 Å². The first-order chi connectivity index (χ1) is 6.20. The van der Waals surface area contributed by atoms with E-state index < -0.39 is 0 Å². The number of benzene rings is 1. The van der Waals surface area contributed by atoms with Gasteiger partial charge in [-0.25, -0.2) is 0 Å². The van der Waals surface area contributed by atoms with Crippen LogP contribution in [-0.2, 0) is 0 Å². The number of para-hydroxylation sites is 1.